The molecular formula is C12H22N2. The summed E-state index contributed by atoms with van der Waals surface area (Å²) in [7, 11) is 0. The molecule has 1 aromatic heterocycles. The van der Waals surface area contributed by atoms with Crippen molar-refractivity contribution in [1.82, 2.24) is 9.78 Å². The van der Waals surface area contributed by atoms with E-state index in [-0.39, 0.29) is 0 Å². The van der Waals surface area contributed by atoms with Gasteiger partial charge in [0.1, 0.15) is 0 Å². The standard InChI is InChI=1S/C8H10N2.2C2H6/c1-3-5-8-6-7-9-10(8)4-2;2*1-2/h3-7H,2H2,1H3;2*1-2H3/b5-3-;;. The molecule has 80 valence electrons. The van der Waals surface area contributed by atoms with Crippen LogP contribution in [0.3, 0.4) is 0 Å². The van der Waals surface area contributed by atoms with E-state index in [9.17, 15) is 0 Å². The third-order valence-electron chi connectivity index (χ3n) is 1.21. The van der Waals surface area contributed by atoms with E-state index in [1.165, 1.54) is 0 Å². The highest BCUT2D eigenvalue weighted by molar-refractivity contribution is 5.46. The van der Waals surface area contributed by atoms with E-state index < -0.39 is 0 Å². The average Bonchev–Trinajstić information content (AvgIpc) is 2.72. The summed E-state index contributed by atoms with van der Waals surface area (Å²) >= 11 is 0. The van der Waals surface area contributed by atoms with Crippen molar-refractivity contribution in [3.8, 4) is 0 Å². The maximum Gasteiger partial charge on any atom is 0.0657 e. The van der Waals surface area contributed by atoms with Crippen molar-refractivity contribution in [2.24, 2.45) is 0 Å². The third kappa shape index (κ3) is 5.36. The predicted octanol–water partition coefficient (Wildman–Crippen LogP) is 4.07. The van der Waals surface area contributed by atoms with Crippen molar-refractivity contribution in [1.29, 1.82) is 0 Å². The molecule has 0 unspecified atom stereocenters. The number of hydrogen-bond donors (Lipinski definition) is 0. The molecule has 0 aromatic carbocycles. The topological polar surface area (TPSA) is 17.8 Å². The lowest BCUT2D eigenvalue weighted by Gasteiger charge is -1.92. The van der Waals surface area contributed by atoms with E-state index >= 15 is 0 Å². The molecule has 0 aliphatic carbocycles. The zero-order valence-electron chi connectivity index (χ0n) is 9.99. The molecule has 2 heteroatoms. The Labute approximate surface area is 88.0 Å². The fraction of sp³-hybridized carbons (Fsp3) is 0.417. The van der Waals surface area contributed by atoms with Gasteiger partial charge in [0.25, 0.3) is 0 Å². The van der Waals surface area contributed by atoms with E-state index in [2.05, 4.69) is 11.7 Å². The first kappa shape index (κ1) is 15.2. The molecule has 1 rings (SSSR count). The molecule has 0 atom stereocenters. The molecule has 0 saturated carbocycles. The number of aromatic nitrogens is 2. The summed E-state index contributed by atoms with van der Waals surface area (Å²) in [5, 5.41) is 4.00. The van der Waals surface area contributed by atoms with Gasteiger partial charge in [-0.15, -0.1) is 0 Å². The van der Waals surface area contributed by atoms with Crippen LogP contribution in [0.4, 0.5) is 0 Å². The maximum absolute atomic E-state index is 4.00. The van der Waals surface area contributed by atoms with Crippen molar-refractivity contribution in [3.63, 3.8) is 0 Å². The Morgan fingerprint density at radius 2 is 1.86 bits per heavy atom. The summed E-state index contributed by atoms with van der Waals surface area (Å²) in [6.07, 6.45) is 7.37. The smallest absolute Gasteiger partial charge is 0.0657 e. The normalized spacial score (nSPS) is 8.36. The molecule has 1 aromatic rings. The van der Waals surface area contributed by atoms with E-state index in [0.717, 1.165) is 5.69 Å². The summed E-state index contributed by atoms with van der Waals surface area (Å²) in [6.45, 7) is 13.6. The van der Waals surface area contributed by atoms with E-state index in [4.69, 9.17) is 0 Å². The van der Waals surface area contributed by atoms with Gasteiger partial charge >= 0.3 is 0 Å². The van der Waals surface area contributed by atoms with Gasteiger partial charge in [-0.2, -0.15) is 5.10 Å². The van der Waals surface area contributed by atoms with Gasteiger partial charge < -0.3 is 0 Å². The minimum Gasteiger partial charge on any atom is -0.242 e. The minimum absolute atomic E-state index is 1.05. The largest absolute Gasteiger partial charge is 0.242 e. The SMILES string of the molecule is C=Cn1nccc1/C=C\C.CC.CC. The molecule has 0 aliphatic heterocycles. The third-order valence-corrected chi connectivity index (χ3v) is 1.21. The summed E-state index contributed by atoms with van der Waals surface area (Å²) in [6, 6.07) is 1.93. The van der Waals surface area contributed by atoms with Gasteiger partial charge in [0.05, 0.1) is 5.69 Å². The minimum atomic E-state index is 1.05. The summed E-state index contributed by atoms with van der Waals surface area (Å²) < 4.78 is 1.72. The molecule has 0 amide bonds. The Balaban J connectivity index is 0. The van der Waals surface area contributed by atoms with Crippen LogP contribution in [0, 0.1) is 0 Å². The van der Waals surface area contributed by atoms with Crippen LogP contribution in [0.5, 0.6) is 0 Å². The second kappa shape index (κ2) is 11.7. The lowest BCUT2D eigenvalue weighted by molar-refractivity contribution is 0.926. The number of rotatable bonds is 2. The van der Waals surface area contributed by atoms with Gasteiger partial charge in [-0.05, 0) is 19.1 Å². The molecule has 0 N–H and O–H groups in total. The molecule has 0 saturated heterocycles. The molecule has 1 heterocycles. The highest BCUT2D eigenvalue weighted by Gasteiger charge is 1.90. The molecule has 0 aliphatic rings. The van der Waals surface area contributed by atoms with Gasteiger partial charge in [0.2, 0.25) is 0 Å². The first-order valence-electron chi connectivity index (χ1n) is 5.17. The van der Waals surface area contributed by atoms with Crippen molar-refractivity contribution < 1.29 is 0 Å². The second-order valence-corrected chi connectivity index (χ2v) is 1.88. The molecular weight excluding hydrogens is 172 g/mol. The number of nitrogens with zero attached hydrogens (tertiary/aromatic N) is 2. The molecule has 0 spiro atoms. The summed E-state index contributed by atoms with van der Waals surface area (Å²) in [4.78, 5) is 0. The highest BCUT2D eigenvalue weighted by atomic mass is 15.3. The first-order valence-corrected chi connectivity index (χ1v) is 5.17. The molecule has 0 bridgehead atoms. The number of hydrogen-bond acceptors (Lipinski definition) is 1. The van der Waals surface area contributed by atoms with Gasteiger partial charge in [-0.3, -0.25) is 0 Å². The van der Waals surface area contributed by atoms with Crippen LogP contribution in [0.25, 0.3) is 12.3 Å². The Hall–Kier alpha value is -1.31. The number of allylic oxidation sites excluding steroid dienone is 1. The lowest BCUT2D eigenvalue weighted by Crippen LogP contribution is -1.89. The predicted molar refractivity (Wildman–Crippen MR) is 66.0 cm³/mol. The Morgan fingerprint density at radius 1 is 1.29 bits per heavy atom. The van der Waals surface area contributed by atoms with Gasteiger partial charge in [-0.25, -0.2) is 4.68 Å². The Morgan fingerprint density at radius 3 is 2.29 bits per heavy atom. The van der Waals surface area contributed by atoms with Crippen LogP contribution in [0.1, 0.15) is 40.3 Å². The fourth-order valence-electron chi connectivity index (χ4n) is 0.780. The first-order chi connectivity index (χ1) is 6.88. The highest BCUT2D eigenvalue weighted by Crippen LogP contribution is 2.00. The van der Waals surface area contributed by atoms with Gasteiger partial charge in [0, 0.05) is 12.4 Å². The van der Waals surface area contributed by atoms with Crippen LogP contribution >= 0.6 is 0 Å². The average molecular weight is 194 g/mol. The van der Waals surface area contributed by atoms with Crippen LogP contribution in [-0.2, 0) is 0 Å². The van der Waals surface area contributed by atoms with Crippen LogP contribution in [0.15, 0.2) is 24.9 Å². The van der Waals surface area contributed by atoms with Crippen molar-refractivity contribution in [3.05, 3.63) is 30.6 Å². The van der Waals surface area contributed by atoms with Crippen molar-refractivity contribution in [2.75, 3.05) is 0 Å². The maximum atomic E-state index is 4.00. The molecule has 0 fully saturated rings. The van der Waals surface area contributed by atoms with Crippen LogP contribution in [-0.4, -0.2) is 9.78 Å². The van der Waals surface area contributed by atoms with E-state index in [1.54, 1.807) is 17.1 Å². The monoisotopic (exact) mass is 194 g/mol. The van der Waals surface area contributed by atoms with E-state index in [0.29, 0.717) is 0 Å². The lowest BCUT2D eigenvalue weighted by atomic mass is 10.4. The van der Waals surface area contributed by atoms with Gasteiger partial charge in [0.15, 0.2) is 0 Å². The summed E-state index contributed by atoms with van der Waals surface area (Å²) in [5.41, 5.74) is 1.05. The quantitative estimate of drug-likeness (QED) is 0.694. The van der Waals surface area contributed by atoms with Crippen LogP contribution < -0.4 is 0 Å². The zero-order valence-corrected chi connectivity index (χ0v) is 9.99. The zero-order chi connectivity index (χ0) is 11.4. The summed E-state index contributed by atoms with van der Waals surface area (Å²) in [5.74, 6) is 0. The van der Waals surface area contributed by atoms with Crippen LogP contribution in [0.2, 0.25) is 0 Å². The van der Waals surface area contributed by atoms with E-state index in [1.807, 2.05) is 52.8 Å². The molecule has 2 nitrogen and oxygen atoms in total. The molecule has 14 heavy (non-hydrogen) atoms. The van der Waals surface area contributed by atoms with Crippen molar-refractivity contribution >= 4 is 12.3 Å². The van der Waals surface area contributed by atoms with Crippen molar-refractivity contribution in [2.45, 2.75) is 34.6 Å². The Bertz CT molecular complexity index is 247. The second-order valence-electron chi connectivity index (χ2n) is 1.88. The Kier molecular flexibility index (Phi) is 12.7. The fourth-order valence-corrected chi connectivity index (χ4v) is 0.780. The van der Waals surface area contributed by atoms with Gasteiger partial charge in [-0.1, -0.05) is 40.3 Å². The molecule has 0 radical (unpaired) electrons.